The standard InChI is InChI=1S/C12H22N4S/c1-3-5-11-14-12(17-15-11)13-8-10-6-4-7-16(2)9-10/h10H,3-9H2,1-2H3,(H,13,14,15). The number of rotatable bonds is 5. The summed E-state index contributed by atoms with van der Waals surface area (Å²) in [7, 11) is 2.20. The molecule has 5 heteroatoms. The van der Waals surface area contributed by atoms with Gasteiger partial charge >= 0.3 is 0 Å². The van der Waals surface area contributed by atoms with Gasteiger partial charge in [-0.25, -0.2) is 4.98 Å². The van der Waals surface area contributed by atoms with Gasteiger partial charge in [-0.3, -0.25) is 0 Å². The van der Waals surface area contributed by atoms with Crippen molar-refractivity contribution in [3.8, 4) is 0 Å². The normalized spacial score (nSPS) is 21.6. The van der Waals surface area contributed by atoms with Gasteiger partial charge in [0.25, 0.3) is 0 Å². The van der Waals surface area contributed by atoms with Crippen molar-refractivity contribution in [1.82, 2.24) is 14.3 Å². The minimum atomic E-state index is 0.757. The maximum absolute atomic E-state index is 4.49. The van der Waals surface area contributed by atoms with Crippen LogP contribution in [0.5, 0.6) is 0 Å². The van der Waals surface area contributed by atoms with E-state index < -0.39 is 0 Å². The van der Waals surface area contributed by atoms with Gasteiger partial charge in [0, 0.05) is 31.0 Å². The molecule has 1 aromatic rings. The van der Waals surface area contributed by atoms with Gasteiger partial charge in [-0.05, 0) is 38.8 Å². The van der Waals surface area contributed by atoms with Crippen LogP contribution in [0.3, 0.4) is 0 Å². The molecule has 17 heavy (non-hydrogen) atoms. The van der Waals surface area contributed by atoms with Crippen molar-refractivity contribution in [3.63, 3.8) is 0 Å². The van der Waals surface area contributed by atoms with Crippen LogP contribution < -0.4 is 5.32 Å². The second-order valence-corrected chi connectivity index (χ2v) is 5.67. The van der Waals surface area contributed by atoms with Gasteiger partial charge in [-0.2, -0.15) is 4.37 Å². The average molecular weight is 254 g/mol. The number of hydrogen-bond donors (Lipinski definition) is 1. The number of nitrogens with zero attached hydrogens (tertiary/aromatic N) is 3. The summed E-state index contributed by atoms with van der Waals surface area (Å²) in [6.07, 6.45) is 4.76. The molecule has 0 saturated carbocycles. The zero-order valence-electron chi connectivity index (χ0n) is 10.8. The van der Waals surface area contributed by atoms with Gasteiger partial charge < -0.3 is 10.2 Å². The Labute approximate surface area is 108 Å². The Hall–Kier alpha value is -0.680. The van der Waals surface area contributed by atoms with E-state index >= 15 is 0 Å². The molecule has 1 aliphatic heterocycles. The summed E-state index contributed by atoms with van der Waals surface area (Å²) >= 11 is 1.49. The third-order valence-corrected chi connectivity index (χ3v) is 3.92. The van der Waals surface area contributed by atoms with Crippen LogP contribution in [0.4, 0.5) is 5.13 Å². The lowest BCUT2D eigenvalue weighted by molar-refractivity contribution is 0.217. The Kier molecular flexibility index (Phi) is 4.74. The number of piperidine rings is 1. The van der Waals surface area contributed by atoms with Crippen molar-refractivity contribution in [2.24, 2.45) is 5.92 Å². The monoisotopic (exact) mass is 254 g/mol. The fourth-order valence-electron chi connectivity index (χ4n) is 2.32. The second kappa shape index (κ2) is 6.31. The molecule has 1 aliphatic rings. The van der Waals surface area contributed by atoms with Crippen molar-refractivity contribution in [3.05, 3.63) is 5.82 Å². The lowest BCUT2D eigenvalue weighted by Crippen LogP contribution is -2.35. The van der Waals surface area contributed by atoms with Crippen molar-refractivity contribution < 1.29 is 0 Å². The molecule has 4 nitrogen and oxygen atoms in total. The molecule has 96 valence electrons. The molecule has 0 amide bonds. The summed E-state index contributed by atoms with van der Waals surface area (Å²) in [5, 5.41) is 4.42. The van der Waals surface area contributed by atoms with E-state index in [9.17, 15) is 0 Å². The summed E-state index contributed by atoms with van der Waals surface area (Å²) in [5.74, 6) is 1.74. The molecule has 0 bridgehead atoms. The van der Waals surface area contributed by atoms with Crippen LogP contribution in [-0.2, 0) is 6.42 Å². The summed E-state index contributed by atoms with van der Waals surface area (Å²) < 4.78 is 4.34. The van der Waals surface area contributed by atoms with Crippen LogP contribution in [0.15, 0.2) is 0 Å². The molecule has 0 aliphatic carbocycles. The first kappa shape index (κ1) is 12.8. The molecule has 2 heterocycles. The lowest BCUT2D eigenvalue weighted by Gasteiger charge is -2.29. The molecule has 1 atom stereocenters. The summed E-state index contributed by atoms with van der Waals surface area (Å²) in [6.45, 7) is 5.64. The molecule has 1 fully saturated rings. The van der Waals surface area contributed by atoms with Crippen molar-refractivity contribution in [2.75, 3.05) is 32.0 Å². The number of aromatic nitrogens is 2. The van der Waals surface area contributed by atoms with Crippen molar-refractivity contribution in [2.45, 2.75) is 32.6 Å². The highest BCUT2D eigenvalue weighted by atomic mass is 32.1. The van der Waals surface area contributed by atoms with Crippen LogP contribution in [0, 0.1) is 5.92 Å². The van der Waals surface area contributed by atoms with Gasteiger partial charge in [0.2, 0.25) is 5.13 Å². The van der Waals surface area contributed by atoms with Gasteiger partial charge in [-0.1, -0.05) is 6.92 Å². The third kappa shape index (κ3) is 3.92. The Bertz CT molecular complexity index is 339. The molecular weight excluding hydrogens is 232 g/mol. The first-order chi connectivity index (χ1) is 8.28. The van der Waals surface area contributed by atoms with E-state index in [0.29, 0.717) is 0 Å². The molecule has 1 saturated heterocycles. The van der Waals surface area contributed by atoms with E-state index in [1.807, 2.05) is 0 Å². The quantitative estimate of drug-likeness (QED) is 0.875. The predicted molar refractivity (Wildman–Crippen MR) is 72.6 cm³/mol. The number of aryl methyl sites for hydroxylation is 1. The molecule has 1 N–H and O–H groups in total. The fraction of sp³-hybridized carbons (Fsp3) is 0.833. The van der Waals surface area contributed by atoms with Gasteiger partial charge in [-0.15, -0.1) is 0 Å². The van der Waals surface area contributed by atoms with Crippen molar-refractivity contribution in [1.29, 1.82) is 0 Å². The largest absolute Gasteiger partial charge is 0.360 e. The number of nitrogens with one attached hydrogen (secondary N) is 1. The van der Waals surface area contributed by atoms with Gasteiger partial charge in [0.15, 0.2) is 0 Å². The van der Waals surface area contributed by atoms with E-state index in [4.69, 9.17) is 0 Å². The van der Waals surface area contributed by atoms with Crippen LogP contribution in [0.1, 0.15) is 32.0 Å². The summed E-state index contributed by atoms with van der Waals surface area (Å²) in [4.78, 5) is 6.90. The molecule has 0 radical (unpaired) electrons. The highest BCUT2D eigenvalue weighted by Crippen LogP contribution is 2.17. The summed E-state index contributed by atoms with van der Waals surface area (Å²) in [6, 6.07) is 0. The minimum absolute atomic E-state index is 0.757. The minimum Gasteiger partial charge on any atom is -0.360 e. The smallest absolute Gasteiger partial charge is 0.202 e. The first-order valence-electron chi connectivity index (χ1n) is 6.53. The fourth-order valence-corrected chi connectivity index (χ4v) is 2.94. The zero-order chi connectivity index (χ0) is 12.1. The van der Waals surface area contributed by atoms with Gasteiger partial charge in [0.1, 0.15) is 5.82 Å². The molecule has 0 spiro atoms. The molecule has 2 rings (SSSR count). The highest BCUT2D eigenvalue weighted by Gasteiger charge is 2.17. The van der Waals surface area contributed by atoms with E-state index in [1.165, 1.54) is 37.5 Å². The Morgan fingerprint density at radius 2 is 2.41 bits per heavy atom. The number of likely N-dealkylation sites (tertiary alicyclic amines) is 1. The molecule has 1 unspecified atom stereocenters. The average Bonchev–Trinajstić information content (AvgIpc) is 2.75. The maximum Gasteiger partial charge on any atom is 0.202 e. The highest BCUT2D eigenvalue weighted by molar-refractivity contribution is 7.09. The molecular formula is C12H22N4S. The third-order valence-electron chi connectivity index (χ3n) is 3.21. The van der Waals surface area contributed by atoms with Crippen LogP contribution in [0.25, 0.3) is 0 Å². The van der Waals surface area contributed by atoms with Crippen LogP contribution >= 0.6 is 11.5 Å². The lowest BCUT2D eigenvalue weighted by atomic mass is 9.99. The van der Waals surface area contributed by atoms with E-state index in [1.54, 1.807) is 0 Å². The van der Waals surface area contributed by atoms with Crippen LogP contribution in [0.2, 0.25) is 0 Å². The van der Waals surface area contributed by atoms with Crippen molar-refractivity contribution >= 4 is 16.7 Å². The zero-order valence-corrected chi connectivity index (χ0v) is 11.6. The Morgan fingerprint density at radius 1 is 1.53 bits per heavy atom. The second-order valence-electron chi connectivity index (χ2n) is 4.92. The van der Waals surface area contributed by atoms with E-state index in [2.05, 4.69) is 33.5 Å². The van der Waals surface area contributed by atoms with Crippen LogP contribution in [-0.4, -0.2) is 40.9 Å². The maximum atomic E-state index is 4.49. The van der Waals surface area contributed by atoms with E-state index in [-0.39, 0.29) is 0 Å². The first-order valence-corrected chi connectivity index (χ1v) is 7.30. The molecule has 0 aromatic carbocycles. The van der Waals surface area contributed by atoms with Gasteiger partial charge in [0.05, 0.1) is 0 Å². The summed E-state index contributed by atoms with van der Waals surface area (Å²) in [5.41, 5.74) is 0. The Morgan fingerprint density at radius 3 is 3.18 bits per heavy atom. The number of anilines is 1. The predicted octanol–water partition coefficient (Wildman–Crippen LogP) is 2.24. The van der Waals surface area contributed by atoms with E-state index in [0.717, 1.165) is 36.3 Å². The topological polar surface area (TPSA) is 41.1 Å². The Balaban J connectivity index is 1.76. The molecule has 1 aromatic heterocycles. The number of hydrogen-bond acceptors (Lipinski definition) is 5. The SMILES string of the molecule is CCCc1nsc(NCC2CCCN(C)C2)n1.